The van der Waals surface area contributed by atoms with Gasteiger partial charge in [0.2, 0.25) is 0 Å². The molecule has 0 radical (unpaired) electrons. The molecule has 0 bridgehead atoms. The van der Waals surface area contributed by atoms with Crippen molar-refractivity contribution in [2.45, 2.75) is 175 Å². The molecule has 0 spiro atoms. The molecule has 4 aromatic carbocycles. The van der Waals surface area contributed by atoms with E-state index in [1.807, 2.05) is 112 Å². The topological polar surface area (TPSA) is 230 Å². The van der Waals surface area contributed by atoms with Crippen molar-refractivity contribution in [3.63, 3.8) is 0 Å². The van der Waals surface area contributed by atoms with Gasteiger partial charge >= 0.3 is 24.0 Å². The lowest BCUT2D eigenvalue weighted by Gasteiger charge is -2.51. The molecule has 1 amide bonds. The summed E-state index contributed by atoms with van der Waals surface area (Å²) in [6, 6.07) is 37.6. The molecule has 20 nitrogen and oxygen atoms in total. The van der Waals surface area contributed by atoms with E-state index in [0.717, 1.165) is 36.0 Å². The normalized spacial score (nSPS) is 32.3. The lowest BCUT2D eigenvalue weighted by atomic mass is 9.82. The maximum Gasteiger partial charge on any atom is 0.407 e. The SMILES string of the molecule is COC(=O)C1O[C@@H](O[C@@H]2C(COCc3ccccc3)O[C@@H](O[C@@H]3C(COC(C)=O)O[C@H](O[C@H]4C(COCc5ccccc5)O[C@H](OCCCCCNC(=O)OCc5ccccc5)C(C)[C@H]4C)C(C)[C@H]3C)C(C)[C@H]2C)C(OC(=O)c2ccccc2)[C@@H](C)[C@@H]1O. The van der Waals surface area contributed by atoms with Crippen molar-refractivity contribution >= 4 is 24.0 Å². The van der Waals surface area contributed by atoms with Crippen LogP contribution in [0.25, 0.3) is 0 Å². The minimum absolute atomic E-state index is 0.0195. The number of hydrogen-bond donors (Lipinski definition) is 2. The Morgan fingerprint density at radius 1 is 0.489 bits per heavy atom. The lowest BCUT2D eigenvalue weighted by molar-refractivity contribution is -0.365. The molecule has 4 heterocycles. The Hall–Kier alpha value is -5.88. The van der Waals surface area contributed by atoms with E-state index in [2.05, 4.69) is 26.1 Å². The summed E-state index contributed by atoms with van der Waals surface area (Å²) >= 11 is 0. The van der Waals surface area contributed by atoms with E-state index in [0.29, 0.717) is 19.8 Å². The highest BCUT2D eigenvalue weighted by molar-refractivity contribution is 5.89. The number of rotatable bonds is 28. The van der Waals surface area contributed by atoms with E-state index in [-0.39, 0.29) is 74.1 Å². The fraction of sp³-hybridized carbons (Fsp3) is 0.588. The average Bonchev–Trinajstić information content (AvgIpc) is 1.14. The number of carbonyl (C=O) groups is 4. The maximum absolute atomic E-state index is 13.7. The zero-order valence-electron chi connectivity index (χ0n) is 52.2. The molecule has 0 aromatic heterocycles. The van der Waals surface area contributed by atoms with Gasteiger partial charge in [-0.3, -0.25) is 4.79 Å². The van der Waals surface area contributed by atoms with Crippen LogP contribution in [-0.4, -0.2) is 149 Å². The highest BCUT2D eigenvalue weighted by Crippen LogP contribution is 2.43. The molecule has 4 saturated heterocycles. The third kappa shape index (κ3) is 18.6. The van der Waals surface area contributed by atoms with Crippen LogP contribution in [0.1, 0.15) is 102 Å². The zero-order chi connectivity index (χ0) is 62.7. The standard InChI is InChI=1S/C68H91NO19/c1-41-44(4)64(78-34-24-14-23-33-69-68(74)80-37-51-29-19-12-20-30-51)81-53(38-76-35-49-25-15-10-16-26-49)57(41)85-66-46(6)43(3)59(55(83-66)40-79-48(8)70)86-65-45(5)42(2)58(54(82-65)39-77-36-50-27-17-11-18-28-50)87-67-60(84-62(72)52-31-21-13-22-32-52)47(7)56(71)61(88-67)63(73)75-9/h10-13,15-22,25-32,41-47,53-61,64-67,71H,14,23-24,33-40H2,1-9H3,(H,69,74)/t41-,42-,43-,44?,45?,46?,47+,53?,54?,55?,56+,57-,58+,59+,60?,61?,64+,65+,66-,67-/m1/s1. The highest BCUT2D eigenvalue weighted by Gasteiger charge is 2.54. The molecule has 20 heteroatoms. The first-order chi connectivity index (χ1) is 42.5. The predicted octanol–water partition coefficient (Wildman–Crippen LogP) is 9.36. The van der Waals surface area contributed by atoms with Gasteiger partial charge in [-0.15, -0.1) is 0 Å². The van der Waals surface area contributed by atoms with Crippen LogP contribution in [0.3, 0.4) is 0 Å². The van der Waals surface area contributed by atoms with Crippen LogP contribution in [0.5, 0.6) is 0 Å². The number of aliphatic hydroxyl groups excluding tert-OH is 1. The van der Waals surface area contributed by atoms with Crippen LogP contribution in [-0.2, 0) is 95.7 Å². The van der Waals surface area contributed by atoms with Gasteiger partial charge < -0.3 is 76.7 Å². The molecule has 2 N–H and O–H groups in total. The van der Waals surface area contributed by atoms with Crippen LogP contribution in [0.2, 0.25) is 0 Å². The largest absolute Gasteiger partial charge is 0.467 e. The van der Waals surface area contributed by atoms with Crippen LogP contribution in [0.15, 0.2) is 121 Å². The molecule has 4 fully saturated rings. The lowest BCUT2D eigenvalue weighted by Crippen LogP contribution is -2.62. The molecule has 0 saturated carbocycles. The van der Waals surface area contributed by atoms with Gasteiger partial charge in [-0.1, -0.05) is 158 Å². The van der Waals surface area contributed by atoms with Crippen molar-refractivity contribution in [3.05, 3.63) is 144 Å². The Balaban J connectivity index is 0.954. The molecule has 0 aliphatic carbocycles. The minimum atomic E-state index is -1.45. The van der Waals surface area contributed by atoms with Crippen molar-refractivity contribution in [1.29, 1.82) is 0 Å². The van der Waals surface area contributed by atoms with Crippen LogP contribution in [0.4, 0.5) is 4.79 Å². The van der Waals surface area contributed by atoms with Crippen molar-refractivity contribution in [3.8, 4) is 0 Å². The average molecular weight is 1230 g/mol. The van der Waals surface area contributed by atoms with Crippen molar-refractivity contribution < 1.29 is 90.6 Å². The number of unbranched alkanes of at least 4 members (excludes halogenated alkanes) is 2. The molecule has 4 aromatic rings. The molecular weight excluding hydrogens is 1130 g/mol. The molecular formula is C68H91NO19. The monoisotopic (exact) mass is 1230 g/mol. The number of esters is 3. The van der Waals surface area contributed by atoms with Gasteiger partial charge in [0.1, 0.15) is 31.5 Å². The number of ether oxygens (including phenoxy) is 14. The molecule has 20 atom stereocenters. The first-order valence-electron chi connectivity index (χ1n) is 31.0. The summed E-state index contributed by atoms with van der Waals surface area (Å²) in [6.07, 6.45) is -9.97. The van der Waals surface area contributed by atoms with E-state index in [1.165, 1.54) is 14.0 Å². The number of benzene rings is 4. The van der Waals surface area contributed by atoms with Gasteiger partial charge in [-0.05, 0) is 65.8 Å². The summed E-state index contributed by atoms with van der Waals surface area (Å²) < 4.78 is 89.4. The Bertz CT molecular complexity index is 2730. The van der Waals surface area contributed by atoms with Crippen LogP contribution < -0.4 is 5.32 Å². The zero-order valence-corrected chi connectivity index (χ0v) is 52.2. The molecule has 8 rings (SSSR count). The quantitative estimate of drug-likeness (QED) is 0.0306. The van der Waals surface area contributed by atoms with Gasteiger partial charge in [0.25, 0.3) is 0 Å². The molecule has 4 aliphatic rings. The third-order valence-corrected chi connectivity index (χ3v) is 17.7. The number of aliphatic hydroxyl groups is 1. The predicted molar refractivity (Wildman–Crippen MR) is 320 cm³/mol. The number of carbonyl (C=O) groups excluding carboxylic acids is 4. The molecule has 8 unspecified atom stereocenters. The first-order valence-corrected chi connectivity index (χ1v) is 31.0. The number of methoxy groups -OCH3 is 1. The van der Waals surface area contributed by atoms with Crippen molar-refractivity contribution in [2.24, 2.45) is 41.4 Å². The molecule has 4 aliphatic heterocycles. The van der Waals surface area contributed by atoms with Gasteiger partial charge in [0, 0.05) is 43.7 Å². The summed E-state index contributed by atoms with van der Waals surface area (Å²) in [5, 5.41) is 14.2. The summed E-state index contributed by atoms with van der Waals surface area (Å²) in [4.78, 5) is 51.6. The van der Waals surface area contributed by atoms with Crippen molar-refractivity contribution in [1.82, 2.24) is 5.32 Å². The number of hydrogen-bond acceptors (Lipinski definition) is 19. The molecule has 88 heavy (non-hydrogen) atoms. The summed E-state index contributed by atoms with van der Waals surface area (Å²) in [5.74, 6) is -4.32. The van der Waals surface area contributed by atoms with E-state index in [9.17, 15) is 24.3 Å². The smallest absolute Gasteiger partial charge is 0.407 e. The first kappa shape index (κ1) is 68.0. The number of nitrogens with one attached hydrogen (secondary N) is 1. The summed E-state index contributed by atoms with van der Waals surface area (Å²) in [5.41, 5.74) is 3.14. The minimum Gasteiger partial charge on any atom is -0.467 e. The fourth-order valence-corrected chi connectivity index (χ4v) is 11.7. The van der Waals surface area contributed by atoms with Crippen LogP contribution >= 0.6 is 0 Å². The second-order valence-corrected chi connectivity index (χ2v) is 23.8. The second kappa shape index (κ2) is 33.8. The number of alkyl carbamates (subject to hydrolysis) is 1. The Morgan fingerprint density at radius 2 is 0.943 bits per heavy atom. The van der Waals surface area contributed by atoms with E-state index >= 15 is 0 Å². The number of amides is 1. The summed E-state index contributed by atoms with van der Waals surface area (Å²) in [7, 11) is 1.20. The van der Waals surface area contributed by atoms with E-state index in [4.69, 9.17) is 66.3 Å². The van der Waals surface area contributed by atoms with Gasteiger partial charge in [0.15, 0.2) is 37.4 Å². The van der Waals surface area contributed by atoms with E-state index in [1.54, 1.807) is 37.3 Å². The second-order valence-electron chi connectivity index (χ2n) is 23.8. The van der Waals surface area contributed by atoms with Gasteiger partial charge in [-0.2, -0.15) is 0 Å². The Kier molecular flexibility index (Phi) is 26.1. The third-order valence-electron chi connectivity index (χ3n) is 17.7. The van der Waals surface area contributed by atoms with Gasteiger partial charge in [0.05, 0.1) is 63.5 Å². The van der Waals surface area contributed by atoms with Crippen molar-refractivity contribution in [2.75, 3.05) is 40.1 Å². The van der Waals surface area contributed by atoms with Gasteiger partial charge in [-0.25, -0.2) is 14.4 Å². The Labute approximate surface area is 517 Å². The molecule has 482 valence electrons. The Morgan fingerprint density at radius 3 is 1.44 bits per heavy atom. The highest BCUT2D eigenvalue weighted by atomic mass is 16.8. The maximum atomic E-state index is 13.7. The summed E-state index contributed by atoms with van der Waals surface area (Å²) in [6.45, 7) is 17.1. The van der Waals surface area contributed by atoms with E-state index < -0.39 is 110 Å². The van der Waals surface area contributed by atoms with Crippen LogP contribution in [0, 0.1) is 41.4 Å². The fourth-order valence-electron chi connectivity index (χ4n) is 11.7.